The topological polar surface area (TPSA) is 63.8 Å². The number of nitrogens with zero attached hydrogens (tertiary/aromatic N) is 2. The molecule has 1 fully saturated rings. The lowest BCUT2D eigenvalue weighted by Crippen LogP contribution is -2.34. The molecule has 0 saturated heterocycles. The van der Waals surface area contributed by atoms with Crippen LogP contribution >= 0.6 is 0 Å². The minimum absolute atomic E-state index is 0.0952. The molecule has 16 heavy (non-hydrogen) atoms. The summed E-state index contributed by atoms with van der Waals surface area (Å²) in [5, 5.41) is 3.50. The first kappa shape index (κ1) is 11.2. The van der Waals surface area contributed by atoms with Gasteiger partial charge in [-0.3, -0.25) is 0 Å². The molecule has 1 aromatic rings. The maximum atomic E-state index is 5.84. The molecule has 1 heterocycles. The van der Waals surface area contributed by atoms with Crippen molar-refractivity contribution in [2.24, 2.45) is 5.92 Å². The SMILES string of the molecule is Cc1nc(N)c(C)c(NC(C)(C)C2CC2)n1. The number of anilines is 2. The van der Waals surface area contributed by atoms with Crippen LogP contribution in [0.5, 0.6) is 0 Å². The van der Waals surface area contributed by atoms with E-state index in [-0.39, 0.29) is 5.54 Å². The molecular formula is C12H20N4. The van der Waals surface area contributed by atoms with Crippen LogP contribution in [0, 0.1) is 19.8 Å². The molecule has 0 radical (unpaired) electrons. The van der Waals surface area contributed by atoms with Crippen LogP contribution in [0.25, 0.3) is 0 Å². The Morgan fingerprint density at radius 2 is 1.88 bits per heavy atom. The zero-order valence-electron chi connectivity index (χ0n) is 10.5. The van der Waals surface area contributed by atoms with Gasteiger partial charge in [-0.05, 0) is 46.5 Å². The highest BCUT2D eigenvalue weighted by molar-refractivity contribution is 5.55. The van der Waals surface area contributed by atoms with Gasteiger partial charge in [0.15, 0.2) is 0 Å². The molecule has 0 spiro atoms. The molecule has 0 atom stereocenters. The summed E-state index contributed by atoms with van der Waals surface area (Å²) in [4.78, 5) is 8.58. The van der Waals surface area contributed by atoms with E-state index < -0.39 is 0 Å². The Balaban J connectivity index is 2.26. The van der Waals surface area contributed by atoms with Gasteiger partial charge < -0.3 is 11.1 Å². The minimum Gasteiger partial charge on any atom is -0.383 e. The molecule has 0 amide bonds. The van der Waals surface area contributed by atoms with Crippen molar-refractivity contribution in [2.75, 3.05) is 11.1 Å². The fraction of sp³-hybridized carbons (Fsp3) is 0.667. The molecule has 0 aromatic carbocycles. The summed E-state index contributed by atoms with van der Waals surface area (Å²) in [6, 6.07) is 0. The molecule has 4 heteroatoms. The van der Waals surface area contributed by atoms with Gasteiger partial charge in [-0.15, -0.1) is 0 Å². The molecule has 1 saturated carbocycles. The van der Waals surface area contributed by atoms with E-state index in [2.05, 4.69) is 29.1 Å². The average Bonchev–Trinajstić information content (AvgIpc) is 2.95. The Kier molecular flexibility index (Phi) is 2.52. The van der Waals surface area contributed by atoms with Crippen LogP contribution in [0.2, 0.25) is 0 Å². The predicted molar refractivity (Wildman–Crippen MR) is 66.3 cm³/mol. The third-order valence-electron chi connectivity index (χ3n) is 3.33. The molecule has 2 rings (SSSR count). The highest BCUT2D eigenvalue weighted by Crippen LogP contribution is 2.41. The first-order valence-corrected chi connectivity index (χ1v) is 5.79. The summed E-state index contributed by atoms with van der Waals surface area (Å²) in [5.41, 5.74) is 6.88. The zero-order valence-corrected chi connectivity index (χ0v) is 10.5. The number of nitrogen functional groups attached to an aromatic ring is 1. The average molecular weight is 220 g/mol. The number of hydrogen-bond donors (Lipinski definition) is 2. The highest BCUT2D eigenvalue weighted by atomic mass is 15.1. The molecule has 4 nitrogen and oxygen atoms in total. The minimum atomic E-state index is 0.0952. The van der Waals surface area contributed by atoms with Crippen LogP contribution in [0.4, 0.5) is 11.6 Å². The van der Waals surface area contributed by atoms with Crippen molar-refractivity contribution in [3.8, 4) is 0 Å². The largest absolute Gasteiger partial charge is 0.383 e. The lowest BCUT2D eigenvalue weighted by atomic mass is 9.98. The first-order valence-electron chi connectivity index (χ1n) is 5.79. The second kappa shape index (κ2) is 3.61. The second-order valence-electron chi connectivity index (χ2n) is 5.25. The fourth-order valence-corrected chi connectivity index (χ4v) is 1.98. The molecule has 0 bridgehead atoms. The predicted octanol–water partition coefficient (Wildman–Crippen LogP) is 2.28. The number of nitrogens with one attached hydrogen (secondary N) is 1. The van der Waals surface area contributed by atoms with Gasteiger partial charge in [0.2, 0.25) is 0 Å². The molecule has 1 aromatic heterocycles. The fourth-order valence-electron chi connectivity index (χ4n) is 1.98. The number of nitrogens with two attached hydrogens (primary N) is 1. The lowest BCUT2D eigenvalue weighted by Gasteiger charge is -2.28. The Bertz CT molecular complexity index is 408. The summed E-state index contributed by atoms with van der Waals surface area (Å²) < 4.78 is 0. The van der Waals surface area contributed by atoms with Crippen molar-refractivity contribution in [3.63, 3.8) is 0 Å². The van der Waals surface area contributed by atoms with Crippen molar-refractivity contribution in [1.82, 2.24) is 9.97 Å². The lowest BCUT2D eigenvalue weighted by molar-refractivity contribution is 0.492. The summed E-state index contributed by atoms with van der Waals surface area (Å²) in [6.07, 6.45) is 2.61. The standard InChI is InChI=1S/C12H20N4/c1-7-10(13)14-8(2)15-11(7)16-12(3,4)9-5-6-9/h9H,5-6H2,1-4H3,(H3,13,14,15,16). The number of aryl methyl sites for hydroxylation is 1. The van der Waals surface area contributed by atoms with E-state index in [1.165, 1.54) is 12.8 Å². The van der Waals surface area contributed by atoms with Crippen LogP contribution in [0.3, 0.4) is 0 Å². The number of hydrogen-bond acceptors (Lipinski definition) is 4. The van der Waals surface area contributed by atoms with Crippen molar-refractivity contribution in [1.29, 1.82) is 0 Å². The van der Waals surface area contributed by atoms with Gasteiger partial charge >= 0.3 is 0 Å². The Morgan fingerprint density at radius 3 is 2.44 bits per heavy atom. The second-order valence-corrected chi connectivity index (χ2v) is 5.25. The Labute approximate surface area is 96.7 Å². The quantitative estimate of drug-likeness (QED) is 0.820. The smallest absolute Gasteiger partial charge is 0.135 e. The monoisotopic (exact) mass is 220 g/mol. The molecule has 0 unspecified atom stereocenters. The number of aromatic nitrogens is 2. The number of rotatable bonds is 3. The van der Waals surface area contributed by atoms with E-state index in [1.54, 1.807) is 0 Å². The van der Waals surface area contributed by atoms with Gasteiger partial charge in [0, 0.05) is 11.1 Å². The van der Waals surface area contributed by atoms with Gasteiger partial charge in [0.1, 0.15) is 17.5 Å². The molecule has 1 aliphatic rings. The van der Waals surface area contributed by atoms with Crippen LogP contribution < -0.4 is 11.1 Å². The third kappa shape index (κ3) is 2.10. The molecule has 88 valence electrons. The molecule has 3 N–H and O–H groups in total. The maximum Gasteiger partial charge on any atom is 0.135 e. The first-order chi connectivity index (χ1) is 7.40. The zero-order chi connectivity index (χ0) is 11.9. The van der Waals surface area contributed by atoms with Gasteiger partial charge in [0.25, 0.3) is 0 Å². The summed E-state index contributed by atoms with van der Waals surface area (Å²) >= 11 is 0. The van der Waals surface area contributed by atoms with Crippen molar-refractivity contribution in [2.45, 2.75) is 46.1 Å². The van der Waals surface area contributed by atoms with Crippen LogP contribution in [-0.4, -0.2) is 15.5 Å². The van der Waals surface area contributed by atoms with Gasteiger partial charge in [-0.25, -0.2) is 9.97 Å². The third-order valence-corrected chi connectivity index (χ3v) is 3.33. The van der Waals surface area contributed by atoms with Gasteiger partial charge in [-0.2, -0.15) is 0 Å². The van der Waals surface area contributed by atoms with Crippen LogP contribution in [0.15, 0.2) is 0 Å². The van der Waals surface area contributed by atoms with Crippen LogP contribution in [-0.2, 0) is 0 Å². The van der Waals surface area contributed by atoms with Gasteiger partial charge in [-0.1, -0.05) is 0 Å². The van der Waals surface area contributed by atoms with Crippen LogP contribution in [0.1, 0.15) is 38.1 Å². The van der Waals surface area contributed by atoms with E-state index in [4.69, 9.17) is 5.73 Å². The normalized spacial score (nSPS) is 16.2. The van der Waals surface area contributed by atoms with E-state index in [0.717, 1.165) is 23.1 Å². The summed E-state index contributed by atoms with van der Waals surface area (Å²) in [6.45, 7) is 8.26. The van der Waals surface area contributed by atoms with E-state index in [0.29, 0.717) is 5.82 Å². The van der Waals surface area contributed by atoms with Crippen molar-refractivity contribution >= 4 is 11.6 Å². The van der Waals surface area contributed by atoms with Gasteiger partial charge in [0.05, 0.1) is 0 Å². The molecular weight excluding hydrogens is 200 g/mol. The summed E-state index contributed by atoms with van der Waals surface area (Å²) in [7, 11) is 0. The summed E-state index contributed by atoms with van der Waals surface area (Å²) in [5.74, 6) is 2.92. The van der Waals surface area contributed by atoms with E-state index >= 15 is 0 Å². The highest BCUT2D eigenvalue weighted by Gasteiger charge is 2.38. The van der Waals surface area contributed by atoms with E-state index in [1.807, 2.05) is 13.8 Å². The van der Waals surface area contributed by atoms with E-state index in [9.17, 15) is 0 Å². The Hall–Kier alpha value is -1.32. The van der Waals surface area contributed by atoms with Crippen molar-refractivity contribution < 1.29 is 0 Å². The molecule has 1 aliphatic carbocycles. The molecule has 0 aliphatic heterocycles. The maximum absolute atomic E-state index is 5.84. The Morgan fingerprint density at radius 1 is 1.25 bits per heavy atom. The van der Waals surface area contributed by atoms with Crippen molar-refractivity contribution in [3.05, 3.63) is 11.4 Å².